The summed E-state index contributed by atoms with van der Waals surface area (Å²) in [6, 6.07) is 24.2. The Morgan fingerprint density at radius 2 is 1.11 bits per heavy atom. The minimum atomic E-state index is -1.44. The number of H-pyrrole nitrogens is 4. The molecule has 7 aromatic rings. The summed E-state index contributed by atoms with van der Waals surface area (Å²) in [5.74, 6) is -5.92. The van der Waals surface area contributed by atoms with Crippen LogP contribution < -0.4 is 68.7 Å². The standard InChI is InChI=1S/C40H52N10O6.C12H10N2O5.C9H9NO4.C8H13N3O2.C4H6N2O3/c1-6-49(7-2)20-10-18-41-36(52)28-22-29(37(53)42-19-11-21-50(8-3)9-4)24-32(23-28)44-38(54)27-12-14-30(15-13-27)47-48-35(26(5)51)39(55)43-31-16-17-33-34(25-31)46-40(56)45-33;1-13-9(15)6-10(16)14(12(13)19)8-4-2-7(3-5-8)11(17)18;1-10-9(13)14-7-4-2-6(3-5-7)8(11)12;1-3-11(4-2)6-5-7(12)10-8(13)9-6;7-3(8)2-1-5-4(9)6-2/h12-17,22-25,35H,6-11,18-21H2,1-5H3,(H,41,52)(H,42,53)(H,43,55)(H,44,54)(H2,45,46,56);2-5H,6H2,1H3,(H,17,18);2-5H,1H3,(H,10,13)(H,11,12);5H,3-4H2,1-2H3,(H2,9,10,12,13);2H,1H2,(H,7,8)(H2,5,6,9). The van der Waals surface area contributed by atoms with Crippen molar-refractivity contribution < 1.29 is 82.4 Å². The highest BCUT2D eigenvalue weighted by atomic mass is 16.6. The molecule has 2 aliphatic heterocycles. The molecule has 2 atom stereocenters. The Morgan fingerprint density at radius 1 is 0.577 bits per heavy atom. The highest BCUT2D eigenvalue weighted by Gasteiger charge is 2.37. The van der Waals surface area contributed by atoms with Gasteiger partial charge in [0.25, 0.3) is 29.2 Å². The number of carboxylic acids is 3. The Labute approximate surface area is 634 Å². The van der Waals surface area contributed by atoms with Gasteiger partial charge in [-0.25, -0.2) is 43.3 Å². The van der Waals surface area contributed by atoms with E-state index in [0.29, 0.717) is 41.4 Å². The van der Waals surface area contributed by atoms with Crippen LogP contribution in [0.5, 0.6) is 5.75 Å². The maximum atomic E-state index is 13.4. The van der Waals surface area contributed by atoms with E-state index in [4.69, 9.17) is 20.1 Å². The topological polar surface area (TPSA) is 531 Å². The van der Waals surface area contributed by atoms with Crippen LogP contribution in [0, 0.1) is 0 Å². The zero-order chi connectivity index (χ0) is 82.0. The summed E-state index contributed by atoms with van der Waals surface area (Å²) in [6.45, 7) is 21.5. The van der Waals surface area contributed by atoms with Crippen molar-refractivity contribution in [2.24, 2.45) is 10.2 Å². The number of fused-ring (bicyclic) bond motifs is 1. The molecule has 38 heteroatoms. The minimum Gasteiger partial charge on any atom is -0.480 e. The first-order chi connectivity index (χ1) is 52.8. The Kier molecular flexibility index (Phi) is 34.9. The molecule has 592 valence electrons. The Balaban J connectivity index is 0.000000317. The van der Waals surface area contributed by atoms with E-state index in [9.17, 15) is 76.7 Å². The molecule has 38 nitrogen and oxygen atoms in total. The third-order valence-corrected chi connectivity index (χ3v) is 16.4. The van der Waals surface area contributed by atoms with Crippen LogP contribution in [0.25, 0.3) is 11.0 Å². The number of aromatic nitrogens is 4. The van der Waals surface area contributed by atoms with E-state index in [0.717, 1.165) is 75.0 Å². The second-order valence-electron chi connectivity index (χ2n) is 24.0. The number of hydrogen-bond acceptors (Lipinski definition) is 22. The second kappa shape index (κ2) is 43.9. The predicted molar refractivity (Wildman–Crippen MR) is 408 cm³/mol. The fourth-order valence-electron chi connectivity index (χ4n) is 10.2. The monoisotopic (exact) mass is 1540 g/mol. The van der Waals surface area contributed by atoms with Gasteiger partial charge in [-0.05, 0) is 182 Å². The molecule has 9 rings (SSSR count). The zero-order valence-corrected chi connectivity index (χ0v) is 62.4. The summed E-state index contributed by atoms with van der Waals surface area (Å²) in [6.07, 6.45) is 0.546. The van der Waals surface area contributed by atoms with Crippen LogP contribution in [-0.2, 0) is 24.0 Å². The van der Waals surface area contributed by atoms with Crippen molar-refractivity contribution >= 4 is 117 Å². The van der Waals surface area contributed by atoms with E-state index in [1.807, 2.05) is 18.7 Å². The summed E-state index contributed by atoms with van der Waals surface area (Å²) >= 11 is 0. The van der Waals surface area contributed by atoms with Crippen LogP contribution in [0.1, 0.15) is 120 Å². The van der Waals surface area contributed by atoms with Crippen molar-refractivity contribution in [3.8, 4) is 5.75 Å². The molecule has 0 saturated carbocycles. The third-order valence-electron chi connectivity index (χ3n) is 16.4. The number of barbiturate groups is 1. The maximum absolute atomic E-state index is 13.4. The first-order valence-electron chi connectivity index (χ1n) is 34.9. The number of ether oxygens (including phenoxy) is 1. The number of imidazole rings is 1. The largest absolute Gasteiger partial charge is 0.480 e. The van der Waals surface area contributed by atoms with Crippen molar-refractivity contribution in [2.75, 3.05) is 107 Å². The Bertz CT molecular complexity index is 4580. The van der Waals surface area contributed by atoms with E-state index in [1.165, 1.54) is 118 Å². The molecule has 111 heavy (non-hydrogen) atoms. The molecule has 5 aromatic carbocycles. The number of aromatic carboxylic acids is 2. The molecule has 0 bridgehead atoms. The lowest BCUT2D eigenvalue weighted by molar-refractivity contribution is -0.139. The van der Waals surface area contributed by atoms with E-state index in [2.05, 4.69) is 105 Å². The normalized spacial score (nSPS) is 13.1. The Morgan fingerprint density at radius 3 is 1.59 bits per heavy atom. The lowest BCUT2D eigenvalue weighted by Gasteiger charge is -2.30. The van der Waals surface area contributed by atoms with E-state index in [-0.39, 0.29) is 80.9 Å². The molecule has 0 aliphatic carbocycles. The quantitative estimate of drug-likeness (QED) is 0.0163. The molecule has 0 radical (unpaired) electrons. The number of carbonyl (C=O) groups excluding carboxylic acids is 10. The van der Waals surface area contributed by atoms with Crippen LogP contribution in [0.2, 0.25) is 0 Å². The van der Waals surface area contributed by atoms with Gasteiger partial charge >= 0.3 is 47.4 Å². The zero-order valence-electron chi connectivity index (χ0n) is 62.4. The molecule has 2 unspecified atom stereocenters. The van der Waals surface area contributed by atoms with Crippen molar-refractivity contribution in [1.29, 1.82) is 0 Å². The van der Waals surface area contributed by atoms with Crippen molar-refractivity contribution in [3.63, 3.8) is 0 Å². The summed E-state index contributed by atoms with van der Waals surface area (Å²) < 4.78 is 4.76. The molecule has 2 aromatic heterocycles. The van der Waals surface area contributed by atoms with Crippen molar-refractivity contribution in [3.05, 3.63) is 174 Å². The number of ketones is 1. The van der Waals surface area contributed by atoms with Crippen LogP contribution in [0.4, 0.5) is 43.0 Å². The summed E-state index contributed by atoms with van der Waals surface area (Å²) in [5, 5.41) is 51.7. The number of rotatable bonds is 29. The number of hydrogen-bond donors (Lipinski definition) is 14. The molecule has 2 saturated heterocycles. The van der Waals surface area contributed by atoms with Crippen molar-refractivity contribution in [2.45, 2.75) is 79.8 Å². The average Bonchev–Trinajstić information content (AvgIpc) is 1.05. The van der Waals surface area contributed by atoms with Gasteiger partial charge in [-0.2, -0.15) is 10.2 Å². The molecule has 4 heterocycles. The molecule has 2 fully saturated rings. The summed E-state index contributed by atoms with van der Waals surface area (Å²) in [7, 11) is 2.73. The number of azo groups is 1. The number of Topliss-reactive ketones (excluding diaryl/α,β-unsaturated/α-hetero) is 1. The lowest BCUT2D eigenvalue weighted by Crippen LogP contribution is -2.53. The number of amides is 11. The average molecular weight is 1540 g/mol. The van der Waals surface area contributed by atoms with E-state index in [1.54, 1.807) is 18.2 Å². The van der Waals surface area contributed by atoms with Gasteiger partial charge in [-0.1, -0.05) is 27.7 Å². The van der Waals surface area contributed by atoms with Gasteiger partial charge in [0.05, 0.1) is 40.1 Å². The van der Waals surface area contributed by atoms with Gasteiger partial charge in [-0.3, -0.25) is 53.2 Å². The van der Waals surface area contributed by atoms with Gasteiger partial charge in [0.15, 0.2) is 5.78 Å². The number of aliphatic carboxylic acids is 1. The van der Waals surface area contributed by atoms with Gasteiger partial charge in [0.1, 0.15) is 24.0 Å². The number of imide groups is 2. The molecule has 14 N–H and O–H groups in total. The smallest absolute Gasteiger partial charge is 0.412 e. The number of carbonyl (C=O) groups is 13. The van der Waals surface area contributed by atoms with Crippen LogP contribution in [0.3, 0.4) is 0 Å². The van der Waals surface area contributed by atoms with Crippen LogP contribution in [-0.4, -0.2) is 225 Å². The summed E-state index contributed by atoms with van der Waals surface area (Å²) in [4.78, 5) is 204. The number of aromatic amines is 4. The molecule has 0 spiro atoms. The first kappa shape index (κ1) is 88.1. The van der Waals surface area contributed by atoms with Gasteiger partial charge in [0.2, 0.25) is 17.9 Å². The molecule has 11 amide bonds. The van der Waals surface area contributed by atoms with Crippen LogP contribution >= 0.6 is 0 Å². The minimum absolute atomic E-state index is 0.0464. The molecular formula is C73H90N18O20. The predicted octanol–water partition coefficient (Wildman–Crippen LogP) is 5.18. The van der Waals surface area contributed by atoms with Gasteiger partial charge in [0, 0.05) is 74.4 Å². The fraction of sp³-hybridized carbons (Fsp3) is 0.342. The maximum Gasteiger partial charge on any atom is 0.412 e. The van der Waals surface area contributed by atoms with Crippen LogP contribution in [0.15, 0.2) is 140 Å². The van der Waals surface area contributed by atoms with Gasteiger partial charge < -0.3 is 81.9 Å². The van der Waals surface area contributed by atoms with Crippen molar-refractivity contribution in [1.82, 2.24) is 61.2 Å². The highest BCUT2D eigenvalue weighted by Crippen LogP contribution is 2.24. The summed E-state index contributed by atoms with van der Waals surface area (Å²) in [5.41, 5.74) is 1.87. The van der Waals surface area contributed by atoms with E-state index < -0.39 is 83.2 Å². The highest BCUT2D eigenvalue weighted by molar-refractivity contribution is 6.26. The number of anilines is 4. The third kappa shape index (κ3) is 28.0. The second-order valence-corrected chi connectivity index (χ2v) is 24.0. The number of carboxylic acid groups (broad SMARTS) is 3. The van der Waals surface area contributed by atoms with E-state index >= 15 is 0 Å². The number of nitrogens with zero attached hydrogens (tertiary/aromatic N) is 7. The molecule has 2 aliphatic rings. The fourth-order valence-corrected chi connectivity index (χ4v) is 10.2. The SMILES string of the molecule is CCN(CC)CCCNC(=O)c1cc(NC(=O)c2ccc(N=NC(C(C)=O)C(=O)Nc3ccc4[nH]c(=O)[nH]c4c3)cc2)cc(C(=O)NCCCN(CC)CC)c1.CCN(CC)c1cc(=O)[nH]c(=O)[nH]1.CN1C(=O)CC(=O)N(c2ccc(C(=O)O)cc2)C1=O.CNC(=O)Oc1ccc(C(=O)O)cc1.O=C1NCC(C(=O)O)N1. The van der Waals surface area contributed by atoms with Gasteiger partial charge in [-0.15, -0.1) is 0 Å². The first-order valence-corrected chi connectivity index (χ1v) is 34.9. The number of nitrogens with one attached hydrogen (secondary N) is 11. The number of benzene rings is 5. The Hall–Kier alpha value is -13.5. The lowest BCUT2D eigenvalue weighted by atomic mass is 10.1. The molecular weight excluding hydrogens is 1450 g/mol. The number of urea groups is 2.